The Morgan fingerprint density at radius 1 is 0.939 bits per heavy atom. The van der Waals surface area contributed by atoms with Crippen molar-refractivity contribution in [3.05, 3.63) is 150 Å². The van der Waals surface area contributed by atoms with Gasteiger partial charge in [0.15, 0.2) is 16.3 Å². The van der Waals surface area contributed by atoms with Crippen molar-refractivity contribution in [1.29, 1.82) is 5.26 Å². The van der Waals surface area contributed by atoms with Gasteiger partial charge in [-0.2, -0.15) is 5.26 Å². The summed E-state index contributed by atoms with van der Waals surface area (Å²) in [5.74, 6) is 1.47. The fraction of sp³-hybridized carbons (Fsp3) is 0.179. The van der Waals surface area contributed by atoms with Crippen molar-refractivity contribution in [3.63, 3.8) is 0 Å². The third kappa shape index (κ3) is 7.32. The van der Waals surface area contributed by atoms with Crippen molar-refractivity contribution in [2.75, 3.05) is 18.5 Å². The average Bonchev–Trinajstić information content (AvgIpc) is 3.42. The van der Waals surface area contributed by atoms with Gasteiger partial charge in [-0.3, -0.25) is 14.2 Å². The number of nitrogens with one attached hydrogen (secondary N) is 1. The zero-order valence-electron chi connectivity index (χ0n) is 27.3. The summed E-state index contributed by atoms with van der Waals surface area (Å²) in [6, 6.07) is 30.8. The lowest BCUT2D eigenvalue weighted by molar-refractivity contribution is -0.113. The SMILES string of the molecule is CCOc1ccc([C@@H]2C(C(=O)Nc3ccccc3)=C(C)N=c3s/c(=C\c4ccc(OCc5ccc(C#N)cc5)c(OCC)c4)c(=O)n32)cc1. The van der Waals surface area contributed by atoms with Crippen LogP contribution in [0.25, 0.3) is 6.08 Å². The summed E-state index contributed by atoms with van der Waals surface area (Å²) < 4.78 is 19.7. The number of hydrogen-bond acceptors (Lipinski definition) is 8. The number of anilines is 1. The second kappa shape index (κ2) is 14.9. The maximum atomic E-state index is 14.2. The topological polar surface area (TPSA) is 115 Å². The first-order valence-corrected chi connectivity index (χ1v) is 16.7. The molecule has 0 saturated heterocycles. The highest BCUT2D eigenvalue weighted by Crippen LogP contribution is 2.32. The maximum Gasteiger partial charge on any atom is 0.271 e. The van der Waals surface area contributed by atoms with E-state index >= 15 is 0 Å². The molecule has 0 saturated carbocycles. The Hall–Kier alpha value is -5.92. The van der Waals surface area contributed by atoms with Crippen molar-refractivity contribution >= 4 is 29.0 Å². The number of carbonyl (C=O) groups excluding carboxylic acids is 1. The number of aromatic nitrogens is 1. The molecule has 1 amide bonds. The highest BCUT2D eigenvalue weighted by Gasteiger charge is 2.32. The van der Waals surface area contributed by atoms with Crippen LogP contribution in [-0.4, -0.2) is 23.7 Å². The first kappa shape index (κ1) is 33.0. The van der Waals surface area contributed by atoms with Crippen molar-refractivity contribution in [2.24, 2.45) is 4.99 Å². The normalized spacial score (nSPS) is 14.0. The Morgan fingerprint density at radius 3 is 2.37 bits per heavy atom. The van der Waals surface area contributed by atoms with Gasteiger partial charge in [0.2, 0.25) is 0 Å². The minimum Gasteiger partial charge on any atom is -0.494 e. The van der Waals surface area contributed by atoms with Gasteiger partial charge in [-0.1, -0.05) is 59.9 Å². The van der Waals surface area contributed by atoms with E-state index in [0.717, 1.165) is 16.7 Å². The number of para-hydroxylation sites is 1. The molecule has 0 aliphatic carbocycles. The lowest BCUT2D eigenvalue weighted by Crippen LogP contribution is -2.40. The molecule has 10 heteroatoms. The number of ether oxygens (including phenoxy) is 3. The number of thiazole rings is 1. The number of fused-ring (bicyclic) bond motifs is 1. The van der Waals surface area contributed by atoms with Crippen LogP contribution in [0.5, 0.6) is 17.2 Å². The molecule has 9 nitrogen and oxygen atoms in total. The molecule has 0 bridgehead atoms. The second-order valence-electron chi connectivity index (χ2n) is 11.1. The summed E-state index contributed by atoms with van der Waals surface area (Å²) in [5, 5.41) is 12.0. The van der Waals surface area contributed by atoms with Crippen LogP contribution in [0, 0.1) is 11.3 Å². The monoisotopic (exact) mass is 670 g/mol. The first-order valence-electron chi connectivity index (χ1n) is 15.9. The molecule has 4 aromatic carbocycles. The zero-order valence-corrected chi connectivity index (χ0v) is 28.1. The lowest BCUT2D eigenvalue weighted by atomic mass is 9.95. The number of nitriles is 1. The van der Waals surface area contributed by atoms with Crippen LogP contribution >= 0.6 is 11.3 Å². The van der Waals surface area contributed by atoms with Crippen LogP contribution in [0.2, 0.25) is 0 Å². The molecule has 1 aliphatic heterocycles. The molecule has 6 rings (SSSR count). The van der Waals surface area contributed by atoms with Gasteiger partial charge in [-0.15, -0.1) is 0 Å². The van der Waals surface area contributed by atoms with Gasteiger partial charge < -0.3 is 19.5 Å². The number of benzene rings is 4. The zero-order chi connectivity index (χ0) is 34.3. The Balaban J connectivity index is 1.37. The van der Waals surface area contributed by atoms with Crippen LogP contribution in [0.4, 0.5) is 5.69 Å². The van der Waals surface area contributed by atoms with E-state index in [9.17, 15) is 9.59 Å². The largest absolute Gasteiger partial charge is 0.494 e. The predicted octanol–water partition coefficient (Wildman–Crippen LogP) is 6.12. The van der Waals surface area contributed by atoms with Gasteiger partial charge >= 0.3 is 0 Å². The van der Waals surface area contributed by atoms with Crippen LogP contribution in [0.3, 0.4) is 0 Å². The molecule has 1 N–H and O–H groups in total. The fourth-order valence-corrected chi connectivity index (χ4v) is 6.60. The maximum absolute atomic E-state index is 14.2. The van der Waals surface area contributed by atoms with Gasteiger partial charge in [0.1, 0.15) is 12.4 Å². The third-order valence-electron chi connectivity index (χ3n) is 7.85. The fourth-order valence-electron chi connectivity index (χ4n) is 5.55. The van der Waals surface area contributed by atoms with Crippen LogP contribution in [-0.2, 0) is 11.4 Å². The highest BCUT2D eigenvalue weighted by molar-refractivity contribution is 7.07. The van der Waals surface area contributed by atoms with E-state index in [-0.39, 0.29) is 11.5 Å². The molecule has 0 fully saturated rings. The Bertz CT molecular complexity index is 2230. The molecule has 246 valence electrons. The Morgan fingerprint density at radius 2 is 1.67 bits per heavy atom. The van der Waals surface area contributed by atoms with Gasteiger partial charge in [0.25, 0.3) is 11.5 Å². The number of allylic oxidation sites excluding steroid dienone is 1. The van der Waals surface area contributed by atoms with Crippen molar-refractivity contribution in [3.8, 4) is 23.3 Å². The molecule has 5 aromatic rings. The van der Waals surface area contributed by atoms with E-state index in [2.05, 4.69) is 11.4 Å². The lowest BCUT2D eigenvalue weighted by Gasteiger charge is -2.25. The first-order chi connectivity index (χ1) is 23.9. The number of carbonyl (C=O) groups is 1. The van der Waals surface area contributed by atoms with Crippen LogP contribution in [0.1, 0.15) is 49.1 Å². The minimum absolute atomic E-state index is 0.265. The third-order valence-corrected chi connectivity index (χ3v) is 8.83. The number of amides is 1. The van der Waals surface area contributed by atoms with Crippen LogP contribution in [0.15, 0.2) is 118 Å². The van der Waals surface area contributed by atoms with E-state index in [4.69, 9.17) is 24.5 Å². The van der Waals surface area contributed by atoms with E-state index in [1.807, 2.05) is 98.8 Å². The van der Waals surface area contributed by atoms with E-state index < -0.39 is 6.04 Å². The standard InChI is InChI=1S/C39H34N4O5S/c1-4-46-31-18-16-29(17-19-31)36-35(37(44)42-30-9-7-6-8-10-30)25(3)41-39-43(36)38(45)34(49-39)22-28-15-20-32(33(21-28)47-5-2)48-24-27-13-11-26(23-40)12-14-27/h6-22,36H,4-5,24H2,1-3H3,(H,42,44)/b34-22-/t36-/m1/s1. The number of rotatable bonds is 11. The summed E-state index contributed by atoms with van der Waals surface area (Å²) in [7, 11) is 0. The Labute approximate surface area is 287 Å². The summed E-state index contributed by atoms with van der Waals surface area (Å²) >= 11 is 1.26. The molecule has 1 aromatic heterocycles. The molecule has 1 aliphatic rings. The molecule has 0 spiro atoms. The number of hydrogen-bond donors (Lipinski definition) is 1. The summed E-state index contributed by atoms with van der Waals surface area (Å²) in [5.41, 5.74) is 4.30. The second-order valence-corrected chi connectivity index (χ2v) is 12.1. The van der Waals surface area contributed by atoms with Gasteiger partial charge in [0, 0.05) is 5.69 Å². The number of nitrogens with zero attached hydrogens (tertiary/aromatic N) is 3. The highest BCUT2D eigenvalue weighted by atomic mass is 32.1. The van der Waals surface area contributed by atoms with Gasteiger partial charge in [-0.05, 0) is 92.1 Å². The molecular weight excluding hydrogens is 637 g/mol. The van der Waals surface area contributed by atoms with E-state index in [1.54, 1.807) is 29.7 Å². The molecule has 1 atom stereocenters. The molecule has 0 radical (unpaired) electrons. The van der Waals surface area contributed by atoms with Crippen LogP contribution < -0.4 is 34.4 Å². The molecular formula is C39H34N4O5S. The van der Waals surface area contributed by atoms with Gasteiger partial charge in [-0.25, -0.2) is 4.99 Å². The Kier molecular flexibility index (Phi) is 10.0. The van der Waals surface area contributed by atoms with Crippen molar-refractivity contribution in [2.45, 2.75) is 33.4 Å². The smallest absolute Gasteiger partial charge is 0.271 e. The minimum atomic E-state index is -0.713. The summed E-state index contributed by atoms with van der Waals surface area (Å²) in [6.45, 7) is 6.85. The van der Waals surface area contributed by atoms with Gasteiger partial charge in [0.05, 0.1) is 46.7 Å². The van der Waals surface area contributed by atoms with Crippen molar-refractivity contribution in [1.82, 2.24) is 4.57 Å². The predicted molar refractivity (Wildman–Crippen MR) is 190 cm³/mol. The van der Waals surface area contributed by atoms with Crippen molar-refractivity contribution < 1.29 is 19.0 Å². The molecule has 49 heavy (non-hydrogen) atoms. The average molecular weight is 671 g/mol. The van der Waals surface area contributed by atoms with E-state index in [0.29, 0.717) is 68.9 Å². The quantitative estimate of drug-likeness (QED) is 0.181. The molecule has 2 heterocycles. The van der Waals surface area contributed by atoms with E-state index in [1.165, 1.54) is 11.3 Å². The summed E-state index contributed by atoms with van der Waals surface area (Å²) in [6.07, 6.45) is 1.80. The summed E-state index contributed by atoms with van der Waals surface area (Å²) in [4.78, 5) is 33.3. The molecule has 0 unspecified atom stereocenters.